The number of methoxy groups -OCH3 is 1. The third-order valence-corrected chi connectivity index (χ3v) is 12.5. The van der Waals surface area contributed by atoms with E-state index >= 15 is 0 Å². The molecule has 0 aromatic rings. The fourth-order valence-corrected chi connectivity index (χ4v) is 7.33. The SMILES string of the molecule is COC(=O)[C@H]1C[C@@](C)(O[Si](C)(C)C(C)(C)C)[C@@H]2CC[C@@H](C3(C)OCCO3)[C@H]12. The van der Waals surface area contributed by atoms with Gasteiger partial charge >= 0.3 is 5.97 Å². The molecule has 5 nitrogen and oxygen atoms in total. The summed E-state index contributed by atoms with van der Waals surface area (Å²) in [5, 5.41) is 0.135. The van der Waals surface area contributed by atoms with Crippen LogP contribution in [0.3, 0.4) is 0 Å². The molecule has 3 fully saturated rings. The van der Waals surface area contributed by atoms with Gasteiger partial charge in [-0.2, -0.15) is 0 Å². The number of hydrogen-bond donors (Lipinski definition) is 0. The highest BCUT2D eigenvalue weighted by atomic mass is 28.4. The van der Waals surface area contributed by atoms with E-state index in [-0.39, 0.29) is 34.4 Å². The first kappa shape index (κ1) is 21.3. The number of carbonyl (C=O) groups excluding carboxylic acids is 1. The quantitative estimate of drug-likeness (QED) is 0.520. The molecule has 1 aliphatic heterocycles. The van der Waals surface area contributed by atoms with Gasteiger partial charge in [-0.25, -0.2) is 0 Å². The van der Waals surface area contributed by atoms with Gasteiger partial charge in [0, 0.05) is 5.92 Å². The highest BCUT2D eigenvalue weighted by Crippen LogP contribution is 2.61. The molecule has 0 unspecified atom stereocenters. The summed E-state index contributed by atoms with van der Waals surface area (Å²) in [5.41, 5.74) is -0.295. The average Bonchev–Trinajstić information content (AvgIpc) is 3.22. The molecule has 0 amide bonds. The zero-order chi connectivity index (χ0) is 20.3. The molecule has 1 saturated heterocycles. The lowest BCUT2D eigenvalue weighted by Gasteiger charge is -2.45. The van der Waals surface area contributed by atoms with Gasteiger partial charge in [-0.05, 0) is 63.1 Å². The van der Waals surface area contributed by atoms with Crippen LogP contribution < -0.4 is 0 Å². The molecule has 0 radical (unpaired) electrons. The molecule has 5 atom stereocenters. The van der Waals surface area contributed by atoms with Crippen LogP contribution in [-0.2, 0) is 23.4 Å². The molecule has 0 N–H and O–H groups in total. The third kappa shape index (κ3) is 3.51. The van der Waals surface area contributed by atoms with E-state index in [1.165, 1.54) is 7.11 Å². The Labute approximate surface area is 165 Å². The van der Waals surface area contributed by atoms with Gasteiger partial charge < -0.3 is 18.6 Å². The maximum Gasteiger partial charge on any atom is 0.309 e. The van der Waals surface area contributed by atoms with E-state index in [9.17, 15) is 4.79 Å². The number of carbonyl (C=O) groups is 1. The predicted molar refractivity (Wildman–Crippen MR) is 107 cm³/mol. The summed E-state index contributed by atoms with van der Waals surface area (Å²) in [4.78, 5) is 12.7. The van der Waals surface area contributed by atoms with Gasteiger partial charge in [-0.3, -0.25) is 4.79 Å². The van der Waals surface area contributed by atoms with Gasteiger partial charge in [-0.15, -0.1) is 0 Å². The maximum atomic E-state index is 12.7. The van der Waals surface area contributed by atoms with Gasteiger partial charge in [0.1, 0.15) is 0 Å². The zero-order valence-electron chi connectivity index (χ0n) is 18.4. The molecule has 3 aliphatic rings. The minimum absolute atomic E-state index is 0.110. The van der Waals surface area contributed by atoms with Crippen molar-refractivity contribution in [3.05, 3.63) is 0 Å². The van der Waals surface area contributed by atoms with E-state index in [0.29, 0.717) is 19.1 Å². The maximum absolute atomic E-state index is 12.7. The Morgan fingerprint density at radius 1 is 1.07 bits per heavy atom. The highest BCUT2D eigenvalue weighted by molar-refractivity contribution is 6.74. The van der Waals surface area contributed by atoms with Gasteiger partial charge in [0.15, 0.2) is 14.1 Å². The summed E-state index contributed by atoms with van der Waals surface area (Å²) < 4.78 is 24.2. The predicted octanol–water partition coefficient (Wildman–Crippen LogP) is 4.37. The molecule has 0 aromatic carbocycles. The molecule has 0 aromatic heterocycles. The summed E-state index contributed by atoms with van der Waals surface area (Å²) in [6, 6.07) is 0. The molecular formula is C21H38O5Si. The Balaban J connectivity index is 1.93. The van der Waals surface area contributed by atoms with Crippen LogP contribution in [0.25, 0.3) is 0 Å². The van der Waals surface area contributed by atoms with Gasteiger partial charge in [-0.1, -0.05) is 20.8 Å². The second-order valence-electron chi connectivity index (χ2n) is 10.6. The number of rotatable bonds is 4. The first-order chi connectivity index (χ1) is 12.3. The Morgan fingerprint density at radius 3 is 2.15 bits per heavy atom. The smallest absolute Gasteiger partial charge is 0.309 e. The van der Waals surface area contributed by atoms with Crippen molar-refractivity contribution >= 4 is 14.3 Å². The van der Waals surface area contributed by atoms with Crippen molar-refractivity contribution in [3.8, 4) is 0 Å². The standard InChI is InChI=1S/C21H38O5Si/c1-19(2,3)27(7,8)26-20(4)13-14(18(22)23-6)17-15(20)9-10-16(17)21(5)24-11-12-25-21/h14-17H,9-13H2,1-8H3/t14-,15+,16+,17+,20+/m0/s1. The Kier molecular flexibility index (Phi) is 5.37. The first-order valence-electron chi connectivity index (χ1n) is 10.4. The molecule has 1 heterocycles. The van der Waals surface area contributed by atoms with Crippen molar-refractivity contribution in [1.29, 1.82) is 0 Å². The molecule has 27 heavy (non-hydrogen) atoms. The van der Waals surface area contributed by atoms with Crippen molar-refractivity contribution in [1.82, 2.24) is 0 Å². The Hall–Kier alpha value is -0.433. The van der Waals surface area contributed by atoms with E-state index in [1.54, 1.807) is 0 Å². The molecule has 3 rings (SSSR count). The molecule has 0 spiro atoms. The van der Waals surface area contributed by atoms with Crippen LogP contribution in [-0.4, -0.2) is 46.0 Å². The lowest BCUT2D eigenvalue weighted by Crippen LogP contribution is -2.50. The van der Waals surface area contributed by atoms with Crippen LogP contribution in [0, 0.1) is 23.7 Å². The van der Waals surface area contributed by atoms with Crippen molar-refractivity contribution in [2.45, 2.75) is 83.4 Å². The van der Waals surface area contributed by atoms with Crippen LogP contribution in [0.15, 0.2) is 0 Å². The lowest BCUT2D eigenvalue weighted by atomic mass is 9.80. The number of hydrogen-bond acceptors (Lipinski definition) is 5. The first-order valence-corrected chi connectivity index (χ1v) is 13.3. The van der Waals surface area contributed by atoms with Gasteiger partial charge in [0.25, 0.3) is 0 Å². The Bertz CT molecular complexity index is 578. The monoisotopic (exact) mass is 398 g/mol. The zero-order valence-corrected chi connectivity index (χ0v) is 19.4. The minimum atomic E-state index is -1.96. The summed E-state index contributed by atoms with van der Waals surface area (Å²) in [6.07, 6.45) is 2.79. The van der Waals surface area contributed by atoms with E-state index in [0.717, 1.165) is 19.3 Å². The number of esters is 1. The van der Waals surface area contributed by atoms with Crippen LogP contribution in [0.4, 0.5) is 0 Å². The summed E-state index contributed by atoms with van der Waals surface area (Å²) in [7, 11) is -0.468. The molecule has 0 bridgehead atoms. The van der Waals surface area contributed by atoms with Crippen LogP contribution in [0.5, 0.6) is 0 Å². The van der Waals surface area contributed by atoms with Crippen LogP contribution >= 0.6 is 0 Å². The second kappa shape index (κ2) is 6.82. The van der Waals surface area contributed by atoms with Gasteiger partial charge in [0.05, 0.1) is 31.8 Å². The molecule has 6 heteroatoms. The van der Waals surface area contributed by atoms with Crippen molar-refractivity contribution in [3.63, 3.8) is 0 Å². The van der Waals surface area contributed by atoms with Crippen LogP contribution in [0.2, 0.25) is 18.1 Å². The molecule has 2 aliphatic carbocycles. The van der Waals surface area contributed by atoms with Gasteiger partial charge in [0.2, 0.25) is 0 Å². The highest BCUT2D eigenvalue weighted by Gasteiger charge is 2.64. The Morgan fingerprint density at radius 2 is 1.63 bits per heavy atom. The topological polar surface area (TPSA) is 54.0 Å². The van der Waals surface area contributed by atoms with Crippen molar-refractivity contribution < 1.29 is 23.4 Å². The fourth-order valence-electron chi connectivity index (χ4n) is 5.62. The minimum Gasteiger partial charge on any atom is -0.469 e. The molecular weight excluding hydrogens is 360 g/mol. The normalized spacial score (nSPS) is 38.8. The molecule has 2 saturated carbocycles. The second-order valence-corrected chi connectivity index (χ2v) is 15.3. The van der Waals surface area contributed by atoms with E-state index in [4.69, 9.17) is 18.6 Å². The lowest BCUT2D eigenvalue weighted by molar-refractivity contribution is -0.195. The summed E-state index contributed by atoms with van der Waals surface area (Å²) in [6.45, 7) is 16.9. The summed E-state index contributed by atoms with van der Waals surface area (Å²) in [5.74, 6) is -0.110. The third-order valence-electron chi connectivity index (χ3n) is 7.92. The van der Waals surface area contributed by atoms with E-state index < -0.39 is 14.1 Å². The number of ether oxygens (including phenoxy) is 3. The van der Waals surface area contributed by atoms with Crippen LogP contribution in [0.1, 0.15) is 53.9 Å². The molecule has 156 valence electrons. The average molecular weight is 399 g/mol. The number of fused-ring (bicyclic) bond motifs is 1. The van der Waals surface area contributed by atoms with Crippen molar-refractivity contribution in [2.75, 3.05) is 20.3 Å². The van der Waals surface area contributed by atoms with E-state index in [2.05, 4.69) is 40.8 Å². The van der Waals surface area contributed by atoms with E-state index in [1.807, 2.05) is 6.92 Å². The largest absolute Gasteiger partial charge is 0.469 e. The fraction of sp³-hybridized carbons (Fsp3) is 0.952. The summed E-state index contributed by atoms with van der Waals surface area (Å²) >= 11 is 0. The van der Waals surface area contributed by atoms with Crippen molar-refractivity contribution in [2.24, 2.45) is 23.7 Å².